The number of hydrogen-bond acceptors (Lipinski definition) is 6. The summed E-state index contributed by atoms with van der Waals surface area (Å²) in [5.41, 5.74) is 8.13. The van der Waals surface area contributed by atoms with Crippen LogP contribution in [0.3, 0.4) is 0 Å². The Kier molecular flexibility index (Phi) is 4.77. The summed E-state index contributed by atoms with van der Waals surface area (Å²) in [6, 6.07) is 13.7. The Morgan fingerprint density at radius 1 is 1.25 bits per heavy atom. The lowest BCUT2D eigenvalue weighted by Crippen LogP contribution is -2.59. The van der Waals surface area contributed by atoms with E-state index in [9.17, 15) is 4.79 Å². The SMILES string of the molecule is CC(C)NC1C(=C=O)N(c2cc3cc(N)ccc3[nH]2)CCN1c1ccccn1. The highest BCUT2D eigenvalue weighted by Gasteiger charge is 2.35. The van der Waals surface area contributed by atoms with Gasteiger partial charge in [-0.15, -0.1) is 0 Å². The van der Waals surface area contributed by atoms with Gasteiger partial charge in [-0.25, -0.2) is 9.78 Å². The standard InChI is InChI=1S/C21H24N6O/c1-14(2)24-21-18(13-28)26(9-10-27(21)19-5-3-4-8-23-19)20-12-15-11-16(22)6-7-17(15)25-20/h3-8,11-12,14,21,24-25H,9-10,22H2,1-2H3. The summed E-state index contributed by atoms with van der Waals surface area (Å²) < 4.78 is 0. The van der Waals surface area contributed by atoms with Gasteiger partial charge in [0, 0.05) is 41.9 Å². The lowest BCUT2D eigenvalue weighted by Gasteiger charge is -2.43. The fraction of sp³-hybridized carbons (Fsp3) is 0.286. The molecule has 1 aromatic carbocycles. The normalized spacial score (nSPS) is 17.4. The van der Waals surface area contributed by atoms with Gasteiger partial charge >= 0.3 is 0 Å². The molecule has 3 aromatic rings. The van der Waals surface area contributed by atoms with Crippen molar-refractivity contribution in [1.82, 2.24) is 15.3 Å². The summed E-state index contributed by atoms with van der Waals surface area (Å²) in [7, 11) is 0. The number of fused-ring (bicyclic) bond motifs is 1. The molecule has 2 aromatic heterocycles. The quantitative estimate of drug-likeness (QED) is 0.479. The second-order valence-corrected chi connectivity index (χ2v) is 7.25. The minimum atomic E-state index is -0.322. The third-order valence-corrected chi connectivity index (χ3v) is 4.89. The molecule has 144 valence electrons. The third kappa shape index (κ3) is 3.33. The zero-order valence-electron chi connectivity index (χ0n) is 16.0. The molecule has 0 bridgehead atoms. The number of hydrogen-bond donors (Lipinski definition) is 3. The van der Waals surface area contributed by atoms with Gasteiger partial charge < -0.3 is 20.5 Å². The zero-order chi connectivity index (χ0) is 19.7. The molecule has 0 aliphatic carbocycles. The number of nitrogen functional groups attached to an aromatic ring is 1. The van der Waals surface area contributed by atoms with E-state index in [0.29, 0.717) is 24.5 Å². The Morgan fingerprint density at radius 3 is 2.82 bits per heavy atom. The molecule has 0 spiro atoms. The maximum Gasteiger partial charge on any atom is 0.149 e. The molecular weight excluding hydrogens is 352 g/mol. The first-order valence-electron chi connectivity index (χ1n) is 9.41. The summed E-state index contributed by atoms with van der Waals surface area (Å²) in [5, 5.41) is 4.50. The van der Waals surface area contributed by atoms with Crippen molar-refractivity contribution < 1.29 is 4.79 Å². The topological polar surface area (TPSA) is 90.3 Å². The molecule has 7 nitrogen and oxygen atoms in total. The van der Waals surface area contributed by atoms with Gasteiger partial charge in [0.2, 0.25) is 0 Å². The Hall–Kier alpha value is -3.28. The molecule has 0 saturated carbocycles. The van der Waals surface area contributed by atoms with Crippen molar-refractivity contribution in [2.45, 2.75) is 26.1 Å². The Labute approximate surface area is 163 Å². The van der Waals surface area contributed by atoms with Crippen molar-refractivity contribution in [2.24, 2.45) is 0 Å². The number of nitrogens with one attached hydrogen (secondary N) is 2. The summed E-state index contributed by atoms with van der Waals surface area (Å²) in [6.07, 6.45) is 1.44. The molecule has 1 unspecified atom stereocenters. The molecular formula is C21H24N6O. The molecule has 1 aliphatic rings. The molecule has 7 heteroatoms. The van der Waals surface area contributed by atoms with E-state index in [1.165, 1.54) is 0 Å². The average Bonchev–Trinajstić information content (AvgIpc) is 3.10. The van der Waals surface area contributed by atoms with Gasteiger partial charge in [0.25, 0.3) is 0 Å². The summed E-state index contributed by atoms with van der Waals surface area (Å²) in [6.45, 7) is 5.47. The van der Waals surface area contributed by atoms with Crippen LogP contribution in [-0.4, -0.2) is 41.2 Å². The van der Waals surface area contributed by atoms with Crippen molar-refractivity contribution in [1.29, 1.82) is 0 Å². The first-order valence-corrected chi connectivity index (χ1v) is 9.41. The number of aromatic amines is 1. The maximum atomic E-state index is 12.1. The number of carbonyl (C=O) groups excluding carboxylic acids is 1. The highest BCUT2D eigenvalue weighted by Crippen LogP contribution is 2.30. The van der Waals surface area contributed by atoms with Crippen LogP contribution in [0.1, 0.15) is 13.8 Å². The van der Waals surface area contributed by atoms with Crippen molar-refractivity contribution in [3.05, 3.63) is 54.4 Å². The smallest absolute Gasteiger partial charge is 0.149 e. The predicted octanol–water partition coefficient (Wildman–Crippen LogP) is 2.51. The second-order valence-electron chi connectivity index (χ2n) is 7.25. The Balaban J connectivity index is 1.72. The molecule has 1 atom stereocenters. The number of benzene rings is 1. The van der Waals surface area contributed by atoms with Crippen molar-refractivity contribution in [2.75, 3.05) is 28.6 Å². The molecule has 0 radical (unpaired) electrons. The number of pyridine rings is 1. The Bertz CT molecular complexity index is 1020. The lowest BCUT2D eigenvalue weighted by atomic mass is 10.1. The third-order valence-electron chi connectivity index (χ3n) is 4.89. The van der Waals surface area contributed by atoms with Gasteiger partial charge in [-0.2, -0.15) is 0 Å². The average molecular weight is 376 g/mol. The van der Waals surface area contributed by atoms with E-state index >= 15 is 0 Å². The molecule has 1 saturated heterocycles. The largest absolute Gasteiger partial charge is 0.399 e. The summed E-state index contributed by atoms with van der Waals surface area (Å²) in [4.78, 5) is 24.0. The minimum Gasteiger partial charge on any atom is -0.399 e. The van der Waals surface area contributed by atoms with Crippen LogP contribution >= 0.6 is 0 Å². The molecule has 28 heavy (non-hydrogen) atoms. The number of nitrogens with zero attached hydrogens (tertiary/aromatic N) is 3. The number of nitrogens with two attached hydrogens (primary N) is 1. The molecule has 4 rings (SSSR count). The highest BCUT2D eigenvalue weighted by atomic mass is 16.1. The number of aromatic nitrogens is 2. The van der Waals surface area contributed by atoms with Gasteiger partial charge in [0.15, 0.2) is 0 Å². The van der Waals surface area contributed by atoms with Crippen LogP contribution in [0.4, 0.5) is 17.3 Å². The Morgan fingerprint density at radius 2 is 2.11 bits per heavy atom. The summed E-state index contributed by atoms with van der Waals surface area (Å²) >= 11 is 0. The second kappa shape index (κ2) is 7.38. The van der Waals surface area contributed by atoms with Crippen molar-refractivity contribution in [3.8, 4) is 0 Å². The van der Waals surface area contributed by atoms with Crippen LogP contribution in [0.5, 0.6) is 0 Å². The van der Waals surface area contributed by atoms with E-state index in [4.69, 9.17) is 5.73 Å². The summed E-state index contributed by atoms with van der Waals surface area (Å²) in [5.74, 6) is 3.87. The number of anilines is 3. The van der Waals surface area contributed by atoms with Crippen LogP contribution in [0.15, 0.2) is 54.4 Å². The van der Waals surface area contributed by atoms with Crippen LogP contribution in [-0.2, 0) is 4.79 Å². The lowest BCUT2D eigenvalue weighted by molar-refractivity contribution is 0.448. The molecule has 3 heterocycles. The van der Waals surface area contributed by atoms with E-state index in [1.807, 2.05) is 47.4 Å². The molecule has 4 N–H and O–H groups in total. The highest BCUT2D eigenvalue weighted by molar-refractivity contribution is 5.87. The van der Waals surface area contributed by atoms with Crippen LogP contribution in [0.25, 0.3) is 10.9 Å². The van der Waals surface area contributed by atoms with Gasteiger partial charge in [-0.3, -0.25) is 5.32 Å². The van der Waals surface area contributed by atoms with E-state index in [2.05, 4.69) is 40.0 Å². The number of piperazine rings is 1. The van der Waals surface area contributed by atoms with Crippen LogP contribution < -0.4 is 20.9 Å². The molecule has 0 amide bonds. The van der Waals surface area contributed by atoms with E-state index in [-0.39, 0.29) is 12.2 Å². The monoisotopic (exact) mass is 376 g/mol. The first-order chi connectivity index (χ1) is 13.6. The van der Waals surface area contributed by atoms with Crippen molar-refractivity contribution in [3.63, 3.8) is 0 Å². The van der Waals surface area contributed by atoms with E-state index in [0.717, 1.165) is 22.5 Å². The van der Waals surface area contributed by atoms with E-state index < -0.39 is 0 Å². The van der Waals surface area contributed by atoms with Crippen LogP contribution in [0.2, 0.25) is 0 Å². The predicted molar refractivity (Wildman–Crippen MR) is 113 cm³/mol. The van der Waals surface area contributed by atoms with E-state index in [1.54, 1.807) is 6.20 Å². The molecule has 1 fully saturated rings. The van der Waals surface area contributed by atoms with Crippen molar-refractivity contribution >= 4 is 34.2 Å². The fourth-order valence-electron chi connectivity index (χ4n) is 3.65. The minimum absolute atomic E-state index is 0.182. The number of H-pyrrole nitrogens is 1. The van der Waals surface area contributed by atoms with Gasteiger partial charge in [-0.1, -0.05) is 6.07 Å². The van der Waals surface area contributed by atoms with Gasteiger partial charge in [0.05, 0.1) is 0 Å². The maximum absolute atomic E-state index is 12.1. The zero-order valence-corrected chi connectivity index (χ0v) is 16.0. The number of rotatable bonds is 4. The van der Waals surface area contributed by atoms with Gasteiger partial charge in [-0.05, 0) is 50.2 Å². The van der Waals surface area contributed by atoms with Crippen LogP contribution in [0, 0.1) is 0 Å². The van der Waals surface area contributed by atoms with Gasteiger partial charge in [0.1, 0.15) is 29.4 Å². The molecule has 1 aliphatic heterocycles. The first kappa shape index (κ1) is 18.1. The fourth-order valence-corrected chi connectivity index (χ4v) is 3.65.